The van der Waals surface area contributed by atoms with Crippen LogP contribution in [0.15, 0.2) is 0 Å². The quantitative estimate of drug-likeness (QED) is 0.456. The highest BCUT2D eigenvalue weighted by Crippen LogP contribution is 2.06. The molecule has 3 heteroatoms. The second-order valence-electron chi connectivity index (χ2n) is 3.22. The summed E-state index contributed by atoms with van der Waals surface area (Å²) < 4.78 is 5.52. The molecule has 0 atom stereocenters. The molecule has 0 bridgehead atoms. The Labute approximate surface area is 65.1 Å². The molecule has 0 aromatic rings. The highest BCUT2D eigenvalue weighted by molar-refractivity contribution is 6.27. The molecule has 0 aliphatic carbocycles. The normalized spacial score (nSPS) is 12.2. The Morgan fingerprint density at radius 3 is 2.50 bits per heavy atom. The molecule has 0 heterocycles. The molecule has 2 nitrogen and oxygen atoms in total. The third-order valence-electron chi connectivity index (χ3n) is 0.968. The van der Waals surface area contributed by atoms with E-state index < -0.39 is 9.76 Å². The van der Waals surface area contributed by atoms with Gasteiger partial charge in [-0.2, -0.15) is 5.26 Å². The first kappa shape index (κ1) is 9.67. The SMILES string of the molecule is CC(C)(C)O[SiH2]CCC#N. The van der Waals surface area contributed by atoms with Crippen molar-refractivity contribution < 1.29 is 4.43 Å². The summed E-state index contributed by atoms with van der Waals surface area (Å²) in [5, 5.41) is 8.21. The van der Waals surface area contributed by atoms with E-state index in [1.165, 1.54) is 0 Å². The molecule has 0 aromatic carbocycles. The van der Waals surface area contributed by atoms with Crippen LogP contribution in [0.2, 0.25) is 6.04 Å². The minimum absolute atomic E-state index is 0.00166. The highest BCUT2D eigenvalue weighted by atomic mass is 28.2. The first-order chi connectivity index (χ1) is 4.56. The Morgan fingerprint density at radius 2 is 2.10 bits per heavy atom. The van der Waals surface area contributed by atoms with Crippen molar-refractivity contribution in [1.29, 1.82) is 5.26 Å². The standard InChI is InChI=1S/C7H15NOSi/c1-7(2,3)9-10-6-4-5-8/h4,6,10H2,1-3H3. The van der Waals surface area contributed by atoms with E-state index in [0.29, 0.717) is 6.42 Å². The molecule has 0 saturated heterocycles. The van der Waals surface area contributed by atoms with E-state index in [-0.39, 0.29) is 5.60 Å². The maximum atomic E-state index is 8.21. The fourth-order valence-electron chi connectivity index (χ4n) is 0.530. The first-order valence-corrected chi connectivity index (χ1v) is 5.15. The van der Waals surface area contributed by atoms with Crippen LogP contribution in [-0.2, 0) is 4.43 Å². The third kappa shape index (κ3) is 7.67. The van der Waals surface area contributed by atoms with Crippen LogP contribution in [0.3, 0.4) is 0 Å². The second kappa shape index (κ2) is 4.48. The molecule has 0 saturated carbocycles. The van der Waals surface area contributed by atoms with Crippen LogP contribution in [0.5, 0.6) is 0 Å². The van der Waals surface area contributed by atoms with Gasteiger partial charge in [-0.3, -0.25) is 0 Å². The molecule has 0 unspecified atom stereocenters. The molecule has 0 aliphatic heterocycles. The molecule has 10 heavy (non-hydrogen) atoms. The van der Waals surface area contributed by atoms with Gasteiger partial charge < -0.3 is 4.43 Å². The Kier molecular flexibility index (Phi) is 4.33. The zero-order valence-electron chi connectivity index (χ0n) is 6.98. The van der Waals surface area contributed by atoms with E-state index in [4.69, 9.17) is 9.69 Å². The van der Waals surface area contributed by atoms with Crippen molar-refractivity contribution in [2.75, 3.05) is 0 Å². The molecule has 0 rings (SSSR count). The Bertz CT molecular complexity index is 123. The summed E-state index contributed by atoms with van der Waals surface area (Å²) in [4.78, 5) is 0. The summed E-state index contributed by atoms with van der Waals surface area (Å²) in [5.74, 6) is 0. The molecular formula is C7H15NOSi. The fourth-order valence-corrected chi connectivity index (χ4v) is 1.59. The van der Waals surface area contributed by atoms with Crippen LogP contribution >= 0.6 is 0 Å². The molecule has 0 N–H and O–H groups in total. The van der Waals surface area contributed by atoms with Crippen LogP contribution in [0.1, 0.15) is 27.2 Å². The van der Waals surface area contributed by atoms with Gasteiger partial charge in [0.05, 0.1) is 6.07 Å². The topological polar surface area (TPSA) is 33.0 Å². The zero-order chi connectivity index (χ0) is 8.04. The van der Waals surface area contributed by atoms with Crippen molar-refractivity contribution in [3.05, 3.63) is 0 Å². The maximum absolute atomic E-state index is 8.21. The minimum atomic E-state index is -0.426. The smallest absolute Gasteiger partial charge is 0.163 e. The fraction of sp³-hybridized carbons (Fsp3) is 0.857. The summed E-state index contributed by atoms with van der Waals surface area (Å²) in [5.41, 5.74) is 0.00166. The van der Waals surface area contributed by atoms with Crippen molar-refractivity contribution in [2.24, 2.45) is 0 Å². The van der Waals surface area contributed by atoms with Gasteiger partial charge in [-0.25, -0.2) is 0 Å². The lowest BCUT2D eigenvalue weighted by Crippen LogP contribution is -2.21. The average molecular weight is 157 g/mol. The lowest BCUT2D eigenvalue weighted by atomic mass is 10.2. The second-order valence-corrected chi connectivity index (χ2v) is 4.63. The molecule has 0 aromatic heterocycles. The number of nitrogens with zero attached hydrogens (tertiary/aromatic N) is 1. The predicted molar refractivity (Wildman–Crippen MR) is 44.4 cm³/mol. The van der Waals surface area contributed by atoms with Crippen LogP contribution in [0.25, 0.3) is 0 Å². The van der Waals surface area contributed by atoms with Crippen molar-refractivity contribution in [3.8, 4) is 6.07 Å². The van der Waals surface area contributed by atoms with E-state index >= 15 is 0 Å². The largest absolute Gasteiger partial charge is 0.419 e. The van der Waals surface area contributed by atoms with Gasteiger partial charge in [0.1, 0.15) is 0 Å². The lowest BCUT2D eigenvalue weighted by Gasteiger charge is -2.19. The van der Waals surface area contributed by atoms with Crippen LogP contribution in [0.4, 0.5) is 0 Å². The van der Waals surface area contributed by atoms with Gasteiger partial charge in [0, 0.05) is 12.0 Å². The number of rotatable bonds is 3. The molecule has 0 amide bonds. The van der Waals surface area contributed by atoms with Gasteiger partial charge in [0.2, 0.25) is 0 Å². The molecular weight excluding hydrogens is 142 g/mol. The molecule has 0 aliphatic rings. The predicted octanol–water partition coefficient (Wildman–Crippen LogP) is 1.22. The highest BCUT2D eigenvalue weighted by Gasteiger charge is 2.08. The third-order valence-corrected chi connectivity index (χ3v) is 2.68. The summed E-state index contributed by atoms with van der Waals surface area (Å²) in [6.07, 6.45) is 0.655. The zero-order valence-corrected chi connectivity index (χ0v) is 8.39. The Morgan fingerprint density at radius 1 is 1.50 bits per heavy atom. The molecule has 0 fully saturated rings. The van der Waals surface area contributed by atoms with Crippen molar-refractivity contribution in [1.82, 2.24) is 0 Å². The van der Waals surface area contributed by atoms with Crippen LogP contribution in [-0.4, -0.2) is 15.4 Å². The van der Waals surface area contributed by atoms with E-state index in [1.807, 2.05) is 20.8 Å². The number of hydrogen-bond acceptors (Lipinski definition) is 2. The van der Waals surface area contributed by atoms with E-state index in [0.717, 1.165) is 6.04 Å². The van der Waals surface area contributed by atoms with Crippen molar-refractivity contribution in [2.45, 2.75) is 38.8 Å². The van der Waals surface area contributed by atoms with E-state index in [1.54, 1.807) is 0 Å². The summed E-state index contributed by atoms with van der Waals surface area (Å²) in [7, 11) is -0.426. The van der Waals surface area contributed by atoms with E-state index in [2.05, 4.69) is 6.07 Å². The first-order valence-electron chi connectivity index (χ1n) is 3.57. The molecule has 0 spiro atoms. The molecule has 58 valence electrons. The summed E-state index contributed by atoms with van der Waals surface area (Å²) in [6.45, 7) is 6.14. The van der Waals surface area contributed by atoms with E-state index in [9.17, 15) is 0 Å². The number of nitriles is 1. The van der Waals surface area contributed by atoms with Gasteiger partial charge in [-0.15, -0.1) is 0 Å². The average Bonchev–Trinajstić information content (AvgIpc) is 1.78. The Balaban J connectivity index is 3.14. The Hall–Kier alpha value is -0.333. The minimum Gasteiger partial charge on any atom is -0.419 e. The van der Waals surface area contributed by atoms with Gasteiger partial charge >= 0.3 is 0 Å². The lowest BCUT2D eigenvalue weighted by molar-refractivity contribution is 0.138. The summed E-state index contributed by atoms with van der Waals surface area (Å²) >= 11 is 0. The van der Waals surface area contributed by atoms with Crippen molar-refractivity contribution >= 4 is 9.76 Å². The van der Waals surface area contributed by atoms with Crippen LogP contribution < -0.4 is 0 Å². The number of hydrogen-bond donors (Lipinski definition) is 0. The molecule has 0 radical (unpaired) electrons. The summed E-state index contributed by atoms with van der Waals surface area (Å²) in [6, 6.07) is 3.09. The van der Waals surface area contributed by atoms with Gasteiger partial charge in [0.25, 0.3) is 0 Å². The van der Waals surface area contributed by atoms with Gasteiger partial charge in [-0.05, 0) is 26.8 Å². The van der Waals surface area contributed by atoms with Crippen molar-refractivity contribution in [3.63, 3.8) is 0 Å². The van der Waals surface area contributed by atoms with Gasteiger partial charge in [0.15, 0.2) is 9.76 Å². The van der Waals surface area contributed by atoms with Gasteiger partial charge in [-0.1, -0.05) is 0 Å². The monoisotopic (exact) mass is 157 g/mol. The van der Waals surface area contributed by atoms with Crippen LogP contribution in [0, 0.1) is 11.3 Å². The maximum Gasteiger partial charge on any atom is 0.163 e.